The maximum atomic E-state index is 12.0. The molecule has 0 aromatic carbocycles. The number of nitrogens with one attached hydrogen (secondary N) is 1. The molecular formula is C13H14ClN7O. The van der Waals surface area contributed by atoms with Gasteiger partial charge in [0.25, 0.3) is 0 Å². The smallest absolute Gasteiger partial charge is 0.227 e. The Labute approximate surface area is 131 Å². The number of pyridine rings is 1. The Morgan fingerprint density at radius 3 is 3.05 bits per heavy atom. The summed E-state index contributed by atoms with van der Waals surface area (Å²) in [6.07, 6.45) is 4.98. The van der Waals surface area contributed by atoms with Crippen molar-refractivity contribution in [1.82, 2.24) is 14.8 Å². The van der Waals surface area contributed by atoms with Gasteiger partial charge in [0.2, 0.25) is 5.91 Å². The van der Waals surface area contributed by atoms with Crippen LogP contribution in [0.3, 0.4) is 0 Å². The molecule has 114 valence electrons. The van der Waals surface area contributed by atoms with E-state index in [1.165, 1.54) is 4.68 Å². The van der Waals surface area contributed by atoms with Crippen molar-refractivity contribution in [2.24, 2.45) is 11.0 Å². The van der Waals surface area contributed by atoms with Gasteiger partial charge in [-0.3, -0.25) is 9.78 Å². The molecule has 0 aliphatic carbocycles. The first-order chi connectivity index (χ1) is 10.5. The number of anilines is 1. The van der Waals surface area contributed by atoms with E-state index in [2.05, 4.69) is 25.4 Å². The minimum Gasteiger partial charge on any atom is -0.322 e. The van der Waals surface area contributed by atoms with Crippen LogP contribution in [-0.2, 0) is 4.79 Å². The van der Waals surface area contributed by atoms with Crippen molar-refractivity contribution in [3.05, 3.63) is 45.8 Å². The van der Waals surface area contributed by atoms with Crippen LogP contribution in [0, 0.1) is 12.8 Å². The molecule has 2 aromatic heterocycles. The highest BCUT2D eigenvalue weighted by atomic mass is 35.5. The molecule has 1 unspecified atom stereocenters. The van der Waals surface area contributed by atoms with Gasteiger partial charge < -0.3 is 5.32 Å². The number of hydrogen-bond acceptors (Lipinski definition) is 4. The number of rotatable bonds is 5. The van der Waals surface area contributed by atoms with E-state index in [0.29, 0.717) is 5.69 Å². The van der Waals surface area contributed by atoms with Crippen LogP contribution in [0.2, 0.25) is 5.15 Å². The fourth-order valence-electron chi connectivity index (χ4n) is 1.73. The van der Waals surface area contributed by atoms with Crippen LogP contribution in [0.4, 0.5) is 5.69 Å². The van der Waals surface area contributed by atoms with Gasteiger partial charge in [0.1, 0.15) is 0 Å². The quantitative estimate of drug-likeness (QED) is 0.519. The zero-order chi connectivity index (χ0) is 16.1. The molecule has 0 bridgehead atoms. The van der Waals surface area contributed by atoms with Crippen molar-refractivity contribution >= 4 is 23.2 Å². The maximum Gasteiger partial charge on any atom is 0.227 e. The van der Waals surface area contributed by atoms with Gasteiger partial charge in [0, 0.05) is 23.6 Å². The molecule has 2 rings (SSSR count). The molecule has 9 heteroatoms. The molecule has 8 nitrogen and oxygen atoms in total. The Kier molecular flexibility index (Phi) is 4.98. The van der Waals surface area contributed by atoms with Gasteiger partial charge in [0.05, 0.1) is 23.8 Å². The molecule has 22 heavy (non-hydrogen) atoms. The Bertz CT molecular complexity index is 736. The normalized spacial score (nSPS) is 11.6. The second kappa shape index (κ2) is 6.93. The van der Waals surface area contributed by atoms with Gasteiger partial charge in [0.15, 0.2) is 5.15 Å². The molecule has 0 aliphatic rings. The van der Waals surface area contributed by atoms with Gasteiger partial charge in [-0.05, 0) is 24.1 Å². The summed E-state index contributed by atoms with van der Waals surface area (Å²) < 4.78 is 1.54. The van der Waals surface area contributed by atoms with Crippen LogP contribution < -0.4 is 5.32 Å². The van der Waals surface area contributed by atoms with Crippen molar-refractivity contribution in [3.63, 3.8) is 0 Å². The number of nitrogens with zero attached hydrogens (tertiary/aromatic N) is 6. The summed E-state index contributed by atoms with van der Waals surface area (Å²) >= 11 is 6.04. The predicted octanol–water partition coefficient (Wildman–Crippen LogP) is 3.11. The SMILES string of the molecule is Cc1cncc(-n2cc(NC(=O)C(C)CN=[N+]=[N-])c(Cl)n2)c1. The van der Waals surface area contributed by atoms with E-state index in [1.807, 2.05) is 13.0 Å². The first kappa shape index (κ1) is 15.8. The van der Waals surface area contributed by atoms with E-state index < -0.39 is 5.92 Å². The average molecular weight is 320 g/mol. The Hall–Kier alpha value is -2.57. The van der Waals surface area contributed by atoms with E-state index in [9.17, 15) is 4.79 Å². The van der Waals surface area contributed by atoms with Gasteiger partial charge in [-0.2, -0.15) is 5.10 Å². The molecule has 1 amide bonds. The van der Waals surface area contributed by atoms with E-state index >= 15 is 0 Å². The Morgan fingerprint density at radius 1 is 1.59 bits per heavy atom. The van der Waals surface area contributed by atoms with Crippen molar-refractivity contribution < 1.29 is 4.79 Å². The minimum atomic E-state index is -0.462. The fraction of sp³-hybridized carbons (Fsp3) is 0.308. The van der Waals surface area contributed by atoms with E-state index in [1.54, 1.807) is 25.5 Å². The Balaban J connectivity index is 2.16. The summed E-state index contributed by atoms with van der Waals surface area (Å²) in [4.78, 5) is 18.7. The van der Waals surface area contributed by atoms with Crippen LogP contribution in [-0.4, -0.2) is 27.2 Å². The van der Waals surface area contributed by atoms with Crippen molar-refractivity contribution in [2.45, 2.75) is 13.8 Å². The first-order valence-electron chi connectivity index (χ1n) is 6.50. The third-order valence-corrected chi connectivity index (χ3v) is 3.20. The van der Waals surface area contributed by atoms with Crippen LogP contribution in [0.25, 0.3) is 16.1 Å². The van der Waals surface area contributed by atoms with Gasteiger partial charge in [-0.25, -0.2) is 4.68 Å². The molecule has 0 aliphatic heterocycles. The van der Waals surface area contributed by atoms with Crippen molar-refractivity contribution in [1.29, 1.82) is 0 Å². The van der Waals surface area contributed by atoms with E-state index in [4.69, 9.17) is 17.1 Å². The summed E-state index contributed by atoms with van der Waals surface area (Å²) in [6, 6.07) is 1.90. The highest BCUT2D eigenvalue weighted by molar-refractivity contribution is 6.32. The minimum absolute atomic E-state index is 0.0793. The zero-order valence-electron chi connectivity index (χ0n) is 12.1. The zero-order valence-corrected chi connectivity index (χ0v) is 12.8. The van der Waals surface area contributed by atoms with Crippen LogP contribution in [0.1, 0.15) is 12.5 Å². The molecule has 0 spiro atoms. The third kappa shape index (κ3) is 3.75. The first-order valence-corrected chi connectivity index (χ1v) is 6.88. The second-order valence-corrected chi connectivity index (χ2v) is 5.16. The number of aryl methyl sites for hydroxylation is 1. The molecule has 0 saturated heterocycles. The molecule has 1 N–H and O–H groups in total. The molecule has 2 aromatic rings. The number of amides is 1. The summed E-state index contributed by atoms with van der Waals surface area (Å²) in [7, 11) is 0. The van der Waals surface area contributed by atoms with E-state index in [-0.39, 0.29) is 17.6 Å². The lowest BCUT2D eigenvalue weighted by Crippen LogP contribution is -2.22. The van der Waals surface area contributed by atoms with Gasteiger partial charge in [-0.1, -0.05) is 23.6 Å². The third-order valence-electron chi connectivity index (χ3n) is 2.92. The lowest BCUT2D eigenvalue weighted by Gasteiger charge is -2.07. The predicted molar refractivity (Wildman–Crippen MR) is 82.9 cm³/mol. The number of halogens is 1. The number of aromatic nitrogens is 3. The van der Waals surface area contributed by atoms with E-state index in [0.717, 1.165) is 11.3 Å². The van der Waals surface area contributed by atoms with Crippen LogP contribution in [0.5, 0.6) is 0 Å². The fourth-order valence-corrected chi connectivity index (χ4v) is 1.91. The summed E-state index contributed by atoms with van der Waals surface area (Å²) in [6.45, 7) is 3.66. The highest BCUT2D eigenvalue weighted by Gasteiger charge is 2.16. The summed E-state index contributed by atoms with van der Waals surface area (Å²) in [5.74, 6) is -0.757. The van der Waals surface area contributed by atoms with Crippen molar-refractivity contribution in [3.8, 4) is 5.69 Å². The lowest BCUT2D eigenvalue weighted by molar-refractivity contribution is -0.119. The number of hydrogen-bond donors (Lipinski definition) is 1. The largest absolute Gasteiger partial charge is 0.322 e. The molecule has 0 saturated carbocycles. The second-order valence-electron chi connectivity index (χ2n) is 4.80. The highest BCUT2D eigenvalue weighted by Crippen LogP contribution is 2.22. The molecule has 1 atom stereocenters. The van der Waals surface area contributed by atoms with Gasteiger partial charge >= 0.3 is 0 Å². The molecular weight excluding hydrogens is 306 g/mol. The number of carbonyl (C=O) groups excluding carboxylic acids is 1. The lowest BCUT2D eigenvalue weighted by atomic mass is 10.2. The maximum absolute atomic E-state index is 12.0. The summed E-state index contributed by atoms with van der Waals surface area (Å²) in [5.41, 5.74) is 10.4. The van der Waals surface area contributed by atoms with Gasteiger partial charge in [-0.15, -0.1) is 0 Å². The molecule has 2 heterocycles. The standard InChI is InChI=1S/C13H14ClN7O/c1-8-3-10(6-16-4-8)21-7-11(12(14)19-21)18-13(22)9(2)5-17-20-15/h3-4,6-7,9H,5H2,1-2H3,(H,18,22). The topological polar surface area (TPSA) is 109 Å². The number of azide groups is 1. The molecule has 0 fully saturated rings. The number of carbonyl (C=O) groups is 1. The Morgan fingerprint density at radius 2 is 2.36 bits per heavy atom. The average Bonchev–Trinajstić information content (AvgIpc) is 2.86. The van der Waals surface area contributed by atoms with Crippen LogP contribution in [0.15, 0.2) is 29.8 Å². The monoisotopic (exact) mass is 319 g/mol. The van der Waals surface area contributed by atoms with Crippen molar-refractivity contribution in [2.75, 3.05) is 11.9 Å². The summed E-state index contributed by atoms with van der Waals surface area (Å²) in [5, 5.41) is 10.4. The van der Waals surface area contributed by atoms with Crippen LogP contribution >= 0.6 is 11.6 Å². The molecule has 0 radical (unpaired) electrons.